The summed E-state index contributed by atoms with van der Waals surface area (Å²) < 4.78 is 43.4. The summed E-state index contributed by atoms with van der Waals surface area (Å²) in [5.41, 5.74) is 0.790. The fraction of sp³-hybridized carbons (Fsp3) is 0.231. The largest absolute Gasteiger partial charge is 0.467 e. The van der Waals surface area contributed by atoms with E-state index in [-0.39, 0.29) is 12.3 Å². The predicted octanol–water partition coefficient (Wildman–Crippen LogP) is 3.67. The number of benzene rings is 1. The first-order valence-corrected chi connectivity index (χ1v) is 5.45. The lowest BCUT2D eigenvalue weighted by Gasteiger charge is -2.19. The quantitative estimate of drug-likeness (QED) is 0.901. The molecule has 0 bridgehead atoms. The fourth-order valence-electron chi connectivity index (χ4n) is 1.65. The zero-order chi connectivity index (χ0) is 13.0. The van der Waals surface area contributed by atoms with Gasteiger partial charge in [-0.3, -0.25) is 5.32 Å². The molecule has 0 saturated heterocycles. The molecule has 2 rings (SSSR count). The highest BCUT2D eigenvalue weighted by Gasteiger charge is 2.42. The van der Waals surface area contributed by atoms with Crippen molar-refractivity contribution in [3.8, 4) is 0 Å². The van der Waals surface area contributed by atoms with Gasteiger partial charge in [-0.2, -0.15) is 13.2 Å². The monoisotopic (exact) mass is 255 g/mol. The molecule has 0 fully saturated rings. The van der Waals surface area contributed by atoms with Gasteiger partial charge in [-0.05, 0) is 17.7 Å². The van der Waals surface area contributed by atoms with Crippen molar-refractivity contribution in [3.05, 3.63) is 60.1 Å². The summed E-state index contributed by atoms with van der Waals surface area (Å²) in [5, 5.41) is 2.46. The first-order valence-electron chi connectivity index (χ1n) is 5.45. The van der Waals surface area contributed by atoms with E-state index < -0.39 is 12.2 Å². The highest BCUT2D eigenvalue weighted by Crippen LogP contribution is 2.33. The van der Waals surface area contributed by atoms with E-state index in [1.807, 2.05) is 6.07 Å². The normalized spacial score (nSPS) is 13.5. The van der Waals surface area contributed by atoms with Crippen molar-refractivity contribution >= 4 is 0 Å². The maximum Gasteiger partial charge on any atom is 0.411 e. The highest BCUT2D eigenvalue weighted by molar-refractivity contribution is 5.15. The van der Waals surface area contributed by atoms with Gasteiger partial charge in [0.25, 0.3) is 0 Å². The third-order valence-corrected chi connectivity index (χ3v) is 2.51. The lowest BCUT2D eigenvalue weighted by Crippen LogP contribution is -2.33. The van der Waals surface area contributed by atoms with Crippen LogP contribution in [0.4, 0.5) is 13.2 Å². The Kier molecular flexibility index (Phi) is 3.72. The smallest absolute Gasteiger partial charge is 0.411 e. The maximum atomic E-state index is 12.9. The van der Waals surface area contributed by atoms with Crippen molar-refractivity contribution in [1.29, 1.82) is 0 Å². The van der Waals surface area contributed by atoms with Gasteiger partial charge < -0.3 is 4.42 Å². The third-order valence-electron chi connectivity index (χ3n) is 2.51. The van der Waals surface area contributed by atoms with Crippen molar-refractivity contribution in [2.75, 3.05) is 0 Å². The number of alkyl halides is 3. The number of rotatable bonds is 4. The lowest BCUT2D eigenvalue weighted by molar-refractivity contribution is -0.162. The minimum atomic E-state index is -4.38. The minimum absolute atomic E-state index is 0.126. The molecule has 1 aromatic heterocycles. The van der Waals surface area contributed by atoms with Gasteiger partial charge in [0, 0.05) is 6.54 Å². The zero-order valence-corrected chi connectivity index (χ0v) is 9.45. The summed E-state index contributed by atoms with van der Waals surface area (Å²) in [6.07, 6.45) is -3.15. The second kappa shape index (κ2) is 5.27. The molecule has 96 valence electrons. The summed E-state index contributed by atoms with van der Waals surface area (Å²) in [6, 6.07) is 9.89. The SMILES string of the molecule is FC(F)(F)C(NCc1ccccc1)c1ccco1. The number of hydrogen-bond donors (Lipinski definition) is 1. The van der Waals surface area contributed by atoms with Gasteiger partial charge in [0.1, 0.15) is 5.76 Å². The van der Waals surface area contributed by atoms with Gasteiger partial charge in [0.15, 0.2) is 6.04 Å². The van der Waals surface area contributed by atoms with E-state index in [4.69, 9.17) is 4.42 Å². The molecule has 2 nitrogen and oxygen atoms in total. The number of nitrogens with one attached hydrogen (secondary N) is 1. The molecule has 5 heteroatoms. The Morgan fingerprint density at radius 3 is 2.33 bits per heavy atom. The van der Waals surface area contributed by atoms with Gasteiger partial charge >= 0.3 is 6.18 Å². The van der Waals surface area contributed by atoms with Gasteiger partial charge in [-0.25, -0.2) is 0 Å². The molecule has 0 aliphatic heterocycles. The number of furan rings is 1. The van der Waals surface area contributed by atoms with Crippen molar-refractivity contribution in [1.82, 2.24) is 5.32 Å². The lowest BCUT2D eigenvalue weighted by atomic mass is 10.2. The number of hydrogen-bond acceptors (Lipinski definition) is 2. The molecule has 0 saturated carbocycles. The van der Waals surface area contributed by atoms with Crippen LogP contribution >= 0.6 is 0 Å². The Labute approximate surface area is 102 Å². The molecule has 1 N–H and O–H groups in total. The molecule has 1 heterocycles. The van der Waals surface area contributed by atoms with E-state index in [0.717, 1.165) is 5.56 Å². The molecular formula is C13H12F3NO. The van der Waals surface area contributed by atoms with Crippen molar-refractivity contribution < 1.29 is 17.6 Å². The van der Waals surface area contributed by atoms with Gasteiger partial charge in [-0.1, -0.05) is 30.3 Å². The molecule has 1 aromatic carbocycles. The molecular weight excluding hydrogens is 243 g/mol. The first-order chi connectivity index (χ1) is 8.57. The molecule has 0 spiro atoms. The van der Waals surface area contributed by atoms with Gasteiger partial charge in [0.05, 0.1) is 6.26 Å². The third kappa shape index (κ3) is 3.13. The van der Waals surface area contributed by atoms with E-state index >= 15 is 0 Å². The van der Waals surface area contributed by atoms with Crippen LogP contribution in [0.1, 0.15) is 17.4 Å². The summed E-state index contributed by atoms with van der Waals surface area (Å²) in [5.74, 6) is -0.126. The van der Waals surface area contributed by atoms with Crippen molar-refractivity contribution in [3.63, 3.8) is 0 Å². The Balaban J connectivity index is 2.08. The summed E-state index contributed by atoms with van der Waals surface area (Å²) in [4.78, 5) is 0. The second-order valence-electron chi connectivity index (χ2n) is 3.86. The van der Waals surface area contributed by atoms with Crippen LogP contribution in [0.15, 0.2) is 53.1 Å². The summed E-state index contributed by atoms with van der Waals surface area (Å²) in [7, 11) is 0. The van der Waals surface area contributed by atoms with E-state index in [1.165, 1.54) is 18.4 Å². The standard InChI is InChI=1S/C13H12F3NO/c14-13(15,16)12(11-7-4-8-18-11)17-9-10-5-2-1-3-6-10/h1-8,12,17H,9H2. The molecule has 1 unspecified atom stereocenters. The topological polar surface area (TPSA) is 25.2 Å². The average molecular weight is 255 g/mol. The van der Waals surface area contributed by atoms with E-state index in [0.29, 0.717) is 0 Å². The van der Waals surface area contributed by atoms with Crippen LogP contribution in [0.5, 0.6) is 0 Å². The molecule has 18 heavy (non-hydrogen) atoms. The van der Waals surface area contributed by atoms with Crippen LogP contribution in [0.25, 0.3) is 0 Å². The summed E-state index contributed by atoms with van der Waals surface area (Å²) in [6.45, 7) is 0.131. The Morgan fingerprint density at radius 2 is 1.78 bits per heavy atom. The summed E-state index contributed by atoms with van der Waals surface area (Å²) >= 11 is 0. The molecule has 0 aliphatic rings. The van der Waals surface area contributed by atoms with Crippen molar-refractivity contribution in [2.45, 2.75) is 18.8 Å². The van der Waals surface area contributed by atoms with E-state index in [1.54, 1.807) is 24.3 Å². The highest BCUT2D eigenvalue weighted by atomic mass is 19.4. The van der Waals surface area contributed by atoms with Crippen LogP contribution < -0.4 is 5.32 Å². The Bertz CT molecular complexity index is 465. The first kappa shape index (κ1) is 12.7. The van der Waals surface area contributed by atoms with Crippen LogP contribution in [-0.2, 0) is 6.54 Å². The molecule has 0 radical (unpaired) electrons. The molecule has 0 aliphatic carbocycles. The maximum absolute atomic E-state index is 12.9. The molecule has 1 atom stereocenters. The Morgan fingerprint density at radius 1 is 1.06 bits per heavy atom. The predicted molar refractivity (Wildman–Crippen MR) is 60.8 cm³/mol. The van der Waals surface area contributed by atoms with E-state index in [2.05, 4.69) is 5.32 Å². The Hall–Kier alpha value is -1.75. The van der Waals surface area contributed by atoms with Crippen LogP contribution in [0.2, 0.25) is 0 Å². The van der Waals surface area contributed by atoms with Crippen molar-refractivity contribution in [2.24, 2.45) is 0 Å². The van der Waals surface area contributed by atoms with Gasteiger partial charge in [0.2, 0.25) is 0 Å². The van der Waals surface area contributed by atoms with Crippen LogP contribution in [0.3, 0.4) is 0 Å². The van der Waals surface area contributed by atoms with Gasteiger partial charge in [-0.15, -0.1) is 0 Å². The molecule has 2 aromatic rings. The van der Waals surface area contributed by atoms with E-state index in [9.17, 15) is 13.2 Å². The van der Waals surface area contributed by atoms with Crippen LogP contribution in [-0.4, -0.2) is 6.18 Å². The van der Waals surface area contributed by atoms with Crippen LogP contribution in [0, 0.1) is 0 Å². The number of halogens is 3. The fourth-order valence-corrected chi connectivity index (χ4v) is 1.65. The molecule has 0 amide bonds. The zero-order valence-electron chi connectivity index (χ0n) is 9.45. The second-order valence-corrected chi connectivity index (χ2v) is 3.86. The average Bonchev–Trinajstić information content (AvgIpc) is 2.82. The minimum Gasteiger partial charge on any atom is -0.467 e.